The highest BCUT2D eigenvalue weighted by molar-refractivity contribution is 5.95. The molecule has 1 heterocycles. The van der Waals surface area contributed by atoms with Crippen molar-refractivity contribution in [2.24, 2.45) is 0 Å². The molecule has 1 aromatic carbocycles. The van der Waals surface area contributed by atoms with E-state index in [1.54, 1.807) is 25.3 Å². The van der Waals surface area contributed by atoms with Crippen LogP contribution in [0, 0.1) is 11.8 Å². The van der Waals surface area contributed by atoms with Crippen molar-refractivity contribution in [2.75, 3.05) is 26.8 Å². The number of carbonyl (C=O) groups is 1. The zero-order chi connectivity index (χ0) is 14.4. The van der Waals surface area contributed by atoms with Crippen molar-refractivity contribution < 1.29 is 14.6 Å². The molecule has 1 N–H and O–H groups in total. The van der Waals surface area contributed by atoms with Crippen LogP contribution in [-0.4, -0.2) is 42.7 Å². The Labute approximate surface area is 119 Å². The molecule has 0 spiro atoms. The molecule has 1 aromatic rings. The van der Waals surface area contributed by atoms with Crippen molar-refractivity contribution >= 4 is 5.91 Å². The fourth-order valence-corrected chi connectivity index (χ4v) is 2.35. The van der Waals surface area contributed by atoms with Crippen LogP contribution in [0.25, 0.3) is 0 Å². The van der Waals surface area contributed by atoms with Crippen LogP contribution in [0.5, 0.6) is 5.75 Å². The molecule has 1 fully saturated rings. The molecule has 0 aromatic heterocycles. The van der Waals surface area contributed by atoms with E-state index >= 15 is 0 Å². The molecular formula is C16H19NO3. The van der Waals surface area contributed by atoms with E-state index in [9.17, 15) is 4.79 Å². The number of methoxy groups -OCH3 is 1. The number of hydrogen-bond donors (Lipinski definition) is 1. The molecule has 0 aliphatic carbocycles. The number of piperidine rings is 1. The largest absolute Gasteiger partial charge is 0.495 e. The van der Waals surface area contributed by atoms with Crippen molar-refractivity contribution in [3.8, 4) is 17.6 Å². The van der Waals surface area contributed by atoms with E-state index in [-0.39, 0.29) is 12.5 Å². The Balaban J connectivity index is 2.25. The maximum Gasteiger partial charge on any atom is 0.253 e. The van der Waals surface area contributed by atoms with E-state index in [1.165, 1.54) is 6.42 Å². The van der Waals surface area contributed by atoms with Crippen LogP contribution in [0.15, 0.2) is 18.2 Å². The Morgan fingerprint density at radius 2 is 2.10 bits per heavy atom. The second-order valence-corrected chi connectivity index (χ2v) is 4.73. The third-order valence-corrected chi connectivity index (χ3v) is 3.39. The van der Waals surface area contributed by atoms with Gasteiger partial charge in [-0.25, -0.2) is 0 Å². The maximum absolute atomic E-state index is 12.4. The Morgan fingerprint density at radius 1 is 1.35 bits per heavy atom. The number of nitrogens with zero attached hydrogens (tertiary/aromatic N) is 1. The fourth-order valence-electron chi connectivity index (χ4n) is 2.35. The number of benzene rings is 1. The Bertz CT molecular complexity index is 536. The van der Waals surface area contributed by atoms with Gasteiger partial charge in [0, 0.05) is 18.7 Å². The van der Waals surface area contributed by atoms with Crippen LogP contribution < -0.4 is 4.74 Å². The van der Waals surface area contributed by atoms with Gasteiger partial charge in [-0.2, -0.15) is 0 Å². The molecule has 1 amide bonds. The van der Waals surface area contributed by atoms with E-state index < -0.39 is 0 Å². The second-order valence-electron chi connectivity index (χ2n) is 4.73. The topological polar surface area (TPSA) is 49.8 Å². The molecule has 2 rings (SSSR count). The smallest absolute Gasteiger partial charge is 0.253 e. The lowest BCUT2D eigenvalue weighted by atomic mass is 10.1. The second kappa shape index (κ2) is 6.97. The van der Waals surface area contributed by atoms with Crippen molar-refractivity contribution in [2.45, 2.75) is 19.3 Å². The molecule has 0 atom stereocenters. The SMILES string of the molecule is COc1ccc(C(=O)N2CCCCC2)cc1C#CCO. The summed E-state index contributed by atoms with van der Waals surface area (Å²) < 4.78 is 5.21. The minimum absolute atomic E-state index is 0.0411. The summed E-state index contributed by atoms with van der Waals surface area (Å²) in [5.74, 6) is 6.06. The molecule has 1 aliphatic rings. The van der Waals surface area contributed by atoms with E-state index in [1.807, 2.05) is 4.90 Å². The average Bonchev–Trinajstić information content (AvgIpc) is 2.52. The summed E-state index contributed by atoms with van der Waals surface area (Å²) in [6, 6.07) is 5.25. The summed E-state index contributed by atoms with van der Waals surface area (Å²) in [6.45, 7) is 1.43. The van der Waals surface area contributed by atoms with Gasteiger partial charge in [-0.15, -0.1) is 0 Å². The number of likely N-dealkylation sites (tertiary alicyclic amines) is 1. The van der Waals surface area contributed by atoms with E-state index in [2.05, 4.69) is 11.8 Å². The summed E-state index contributed by atoms with van der Waals surface area (Å²) in [5.41, 5.74) is 1.25. The molecule has 106 valence electrons. The van der Waals surface area contributed by atoms with Crippen LogP contribution >= 0.6 is 0 Å². The number of ether oxygens (including phenoxy) is 1. The molecule has 0 radical (unpaired) electrons. The van der Waals surface area contributed by atoms with Gasteiger partial charge in [-0.3, -0.25) is 4.79 Å². The molecule has 0 bridgehead atoms. The lowest BCUT2D eigenvalue weighted by Crippen LogP contribution is -2.35. The fraction of sp³-hybridized carbons (Fsp3) is 0.438. The maximum atomic E-state index is 12.4. The van der Waals surface area contributed by atoms with Crippen molar-refractivity contribution in [1.29, 1.82) is 0 Å². The number of aliphatic hydroxyl groups is 1. The van der Waals surface area contributed by atoms with Crippen molar-refractivity contribution in [1.82, 2.24) is 4.90 Å². The van der Waals surface area contributed by atoms with Crippen molar-refractivity contribution in [3.05, 3.63) is 29.3 Å². The van der Waals surface area contributed by atoms with Gasteiger partial charge in [-0.1, -0.05) is 11.8 Å². The lowest BCUT2D eigenvalue weighted by molar-refractivity contribution is 0.0724. The van der Waals surface area contributed by atoms with Crippen LogP contribution in [-0.2, 0) is 0 Å². The zero-order valence-corrected chi connectivity index (χ0v) is 11.7. The van der Waals surface area contributed by atoms with Crippen LogP contribution in [0.4, 0.5) is 0 Å². The Kier molecular flexibility index (Phi) is 5.03. The molecule has 0 saturated carbocycles. The molecule has 20 heavy (non-hydrogen) atoms. The number of carbonyl (C=O) groups excluding carboxylic acids is 1. The summed E-state index contributed by atoms with van der Waals surface area (Å²) in [6.07, 6.45) is 3.33. The average molecular weight is 273 g/mol. The van der Waals surface area contributed by atoms with E-state index in [4.69, 9.17) is 9.84 Å². The molecule has 0 unspecified atom stereocenters. The molecule has 4 heteroatoms. The van der Waals surface area contributed by atoms with Gasteiger partial charge in [0.1, 0.15) is 12.4 Å². The first-order valence-electron chi connectivity index (χ1n) is 6.83. The number of amides is 1. The Hall–Kier alpha value is -1.99. The highest BCUT2D eigenvalue weighted by Crippen LogP contribution is 2.21. The quantitative estimate of drug-likeness (QED) is 0.834. The third kappa shape index (κ3) is 3.31. The molecule has 1 aliphatic heterocycles. The minimum atomic E-state index is -0.215. The third-order valence-electron chi connectivity index (χ3n) is 3.39. The zero-order valence-electron chi connectivity index (χ0n) is 11.7. The summed E-state index contributed by atoms with van der Waals surface area (Å²) >= 11 is 0. The first-order valence-corrected chi connectivity index (χ1v) is 6.83. The standard InChI is InChI=1S/C16H19NO3/c1-20-15-8-7-14(12-13(15)6-5-11-18)16(19)17-9-3-2-4-10-17/h7-8,12,18H,2-4,9-11H2,1H3. The summed E-state index contributed by atoms with van der Waals surface area (Å²) in [4.78, 5) is 14.3. The predicted molar refractivity (Wildman–Crippen MR) is 76.7 cm³/mol. The molecular weight excluding hydrogens is 254 g/mol. The van der Waals surface area contributed by atoms with Gasteiger partial charge >= 0.3 is 0 Å². The van der Waals surface area contributed by atoms with E-state index in [0.29, 0.717) is 16.9 Å². The van der Waals surface area contributed by atoms with Crippen LogP contribution in [0.3, 0.4) is 0 Å². The van der Waals surface area contributed by atoms with E-state index in [0.717, 1.165) is 25.9 Å². The highest BCUT2D eigenvalue weighted by atomic mass is 16.5. The van der Waals surface area contributed by atoms with Gasteiger partial charge < -0.3 is 14.7 Å². The minimum Gasteiger partial charge on any atom is -0.495 e. The van der Waals surface area contributed by atoms with Crippen molar-refractivity contribution in [3.63, 3.8) is 0 Å². The number of rotatable bonds is 2. The number of hydrogen-bond acceptors (Lipinski definition) is 3. The monoisotopic (exact) mass is 273 g/mol. The molecule has 4 nitrogen and oxygen atoms in total. The van der Waals surface area contributed by atoms with Gasteiger partial charge in [0.25, 0.3) is 5.91 Å². The molecule has 1 saturated heterocycles. The van der Waals surface area contributed by atoms with Crippen LogP contribution in [0.1, 0.15) is 35.2 Å². The lowest BCUT2D eigenvalue weighted by Gasteiger charge is -2.26. The highest BCUT2D eigenvalue weighted by Gasteiger charge is 2.18. The predicted octanol–water partition coefficient (Wildman–Crippen LogP) is 1.67. The summed E-state index contributed by atoms with van der Waals surface area (Å²) in [5, 5.41) is 8.78. The number of aliphatic hydroxyl groups excluding tert-OH is 1. The first kappa shape index (κ1) is 14.4. The van der Waals surface area contributed by atoms with Gasteiger partial charge in [0.2, 0.25) is 0 Å². The van der Waals surface area contributed by atoms with Gasteiger partial charge in [0.05, 0.1) is 12.7 Å². The normalized spacial score (nSPS) is 14.4. The first-order chi connectivity index (χ1) is 9.76. The van der Waals surface area contributed by atoms with Crippen LogP contribution in [0.2, 0.25) is 0 Å². The van der Waals surface area contributed by atoms with Gasteiger partial charge in [-0.05, 0) is 37.5 Å². The van der Waals surface area contributed by atoms with Gasteiger partial charge in [0.15, 0.2) is 0 Å². The summed E-state index contributed by atoms with van der Waals surface area (Å²) in [7, 11) is 1.56. The Morgan fingerprint density at radius 3 is 2.75 bits per heavy atom.